The fourth-order valence-electron chi connectivity index (χ4n) is 1.36. The van der Waals surface area contributed by atoms with Gasteiger partial charge in [-0.15, -0.1) is 11.8 Å². The van der Waals surface area contributed by atoms with Crippen molar-refractivity contribution in [2.75, 3.05) is 0 Å². The normalized spacial score (nSPS) is 12.4. The molecule has 0 saturated heterocycles. The molecule has 1 unspecified atom stereocenters. The molecule has 0 aliphatic carbocycles. The molecule has 0 spiro atoms. The zero-order valence-electron chi connectivity index (χ0n) is 9.94. The number of aromatic nitrogens is 3. The van der Waals surface area contributed by atoms with Gasteiger partial charge in [0.15, 0.2) is 0 Å². The molecule has 0 radical (unpaired) electrons. The van der Waals surface area contributed by atoms with Gasteiger partial charge in [-0.05, 0) is 63.1 Å². The van der Waals surface area contributed by atoms with Crippen LogP contribution in [0.3, 0.4) is 0 Å². The average Bonchev–Trinajstić information content (AvgIpc) is 2.77. The first-order valence-electron chi connectivity index (χ1n) is 5.42. The van der Waals surface area contributed by atoms with E-state index in [4.69, 9.17) is 17.0 Å². The average molecular weight is 425 g/mol. The summed E-state index contributed by atoms with van der Waals surface area (Å²) in [5, 5.41) is 5.68. The van der Waals surface area contributed by atoms with Crippen LogP contribution in [0.4, 0.5) is 0 Å². The quantitative estimate of drug-likeness (QED) is 0.541. The second kappa shape index (κ2) is 6.92. The summed E-state index contributed by atoms with van der Waals surface area (Å²) < 4.78 is 8.21. The maximum absolute atomic E-state index is 5.90. The summed E-state index contributed by atoms with van der Waals surface area (Å²) in [6.45, 7) is 2.00. The van der Waals surface area contributed by atoms with Gasteiger partial charge in [-0.25, -0.2) is 4.98 Å². The molecular weight excluding hydrogens is 414 g/mol. The lowest BCUT2D eigenvalue weighted by Gasteiger charge is -2.16. The van der Waals surface area contributed by atoms with Gasteiger partial charge in [0.25, 0.3) is 0 Å². The molecule has 0 bridgehead atoms. The summed E-state index contributed by atoms with van der Waals surface area (Å²) in [7, 11) is 0. The van der Waals surface area contributed by atoms with E-state index < -0.39 is 0 Å². The molecule has 2 aromatic rings. The SMILES string of the molecule is CC(Oc1c(Br)cccc1Br)SCc1nc(=S)[nH][nH]1. The summed E-state index contributed by atoms with van der Waals surface area (Å²) in [6.07, 6.45) is 0. The highest BCUT2D eigenvalue weighted by Crippen LogP contribution is 2.35. The molecule has 0 fully saturated rings. The van der Waals surface area contributed by atoms with Crippen molar-refractivity contribution < 1.29 is 4.74 Å². The Labute approximate surface area is 137 Å². The zero-order valence-corrected chi connectivity index (χ0v) is 14.7. The lowest BCUT2D eigenvalue weighted by Crippen LogP contribution is -2.08. The number of para-hydroxylation sites is 1. The van der Waals surface area contributed by atoms with E-state index in [0.29, 0.717) is 10.5 Å². The van der Waals surface area contributed by atoms with Gasteiger partial charge < -0.3 is 4.74 Å². The largest absolute Gasteiger partial charge is 0.478 e. The van der Waals surface area contributed by atoms with Crippen LogP contribution >= 0.6 is 55.8 Å². The Kier molecular flexibility index (Phi) is 5.49. The molecule has 4 nitrogen and oxygen atoms in total. The van der Waals surface area contributed by atoms with Crippen LogP contribution in [0, 0.1) is 4.77 Å². The van der Waals surface area contributed by atoms with Crippen LogP contribution in [0.15, 0.2) is 27.1 Å². The number of benzene rings is 1. The van der Waals surface area contributed by atoms with Gasteiger partial charge >= 0.3 is 0 Å². The molecular formula is C11H11Br2N3OS2. The van der Waals surface area contributed by atoms with Crippen molar-refractivity contribution >= 4 is 55.8 Å². The molecule has 0 amide bonds. The molecule has 1 atom stereocenters. The Hall–Kier alpha value is -0.310. The summed E-state index contributed by atoms with van der Waals surface area (Å²) >= 11 is 13.5. The van der Waals surface area contributed by atoms with E-state index in [9.17, 15) is 0 Å². The van der Waals surface area contributed by atoms with E-state index in [0.717, 1.165) is 20.5 Å². The lowest BCUT2D eigenvalue weighted by molar-refractivity contribution is 0.303. The maximum Gasteiger partial charge on any atom is 0.213 e. The Morgan fingerprint density at radius 2 is 2.05 bits per heavy atom. The Bertz CT molecular complexity index is 594. The Morgan fingerprint density at radius 3 is 2.63 bits per heavy atom. The van der Waals surface area contributed by atoms with E-state index in [1.807, 2.05) is 25.1 Å². The predicted molar refractivity (Wildman–Crippen MR) is 87.0 cm³/mol. The minimum Gasteiger partial charge on any atom is -0.478 e. The second-order valence-corrected chi connectivity index (χ2v) is 7.04. The third-order valence-electron chi connectivity index (χ3n) is 2.21. The number of nitrogens with one attached hydrogen (secondary N) is 2. The van der Waals surface area contributed by atoms with Crippen molar-refractivity contribution in [2.24, 2.45) is 0 Å². The van der Waals surface area contributed by atoms with Gasteiger partial charge in [0.05, 0.1) is 14.7 Å². The molecule has 0 aliphatic heterocycles. The number of halogens is 2. The fourth-order valence-corrected chi connectivity index (χ4v) is 3.40. The number of nitrogens with zero attached hydrogens (tertiary/aromatic N) is 1. The van der Waals surface area contributed by atoms with Gasteiger partial charge in [-0.2, -0.15) is 0 Å². The predicted octanol–water partition coefficient (Wildman–Crippen LogP) is 4.65. The first-order valence-corrected chi connectivity index (χ1v) is 8.46. The van der Waals surface area contributed by atoms with Crippen molar-refractivity contribution in [2.45, 2.75) is 18.1 Å². The molecule has 1 heterocycles. The number of rotatable bonds is 5. The molecule has 2 rings (SSSR count). The van der Waals surface area contributed by atoms with E-state index in [-0.39, 0.29) is 5.44 Å². The fraction of sp³-hybridized carbons (Fsp3) is 0.273. The highest BCUT2D eigenvalue weighted by atomic mass is 79.9. The van der Waals surface area contributed by atoms with Crippen molar-refractivity contribution in [3.05, 3.63) is 37.7 Å². The summed E-state index contributed by atoms with van der Waals surface area (Å²) in [5.74, 6) is 2.32. The van der Waals surface area contributed by atoms with Crippen LogP contribution in [0.1, 0.15) is 12.7 Å². The highest BCUT2D eigenvalue weighted by Gasteiger charge is 2.11. The number of hydrogen-bond acceptors (Lipinski definition) is 4. The van der Waals surface area contributed by atoms with Crippen LogP contribution in [-0.2, 0) is 5.75 Å². The van der Waals surface area contributed by atoms with Gasteiger partial charge in [0.1, 0.15) is 17.0 Å². The summed E-state index contributed by atoms with van der Waals surface area (Å²) in [4.78, 5) is 4.13. The molecule has 0 aliphatic rings. The van der Waals surface area contributed by atoms with E-state index >= 15 is 0 Å². The van der Waals surface area contributed by atoms with Gasteiger partial charge in [-0.3, -0.25) is 10.2 Å². The molecule has 102 valence electrons. The zero-order chi connectivity index (χ0) is 13.8. The number of aromatic amines is 2. The topological polar surface area (TPSA) is 53.7 Å². The number of hydrogen-bond donors (Lipinski definition) is 2. The van der Waals surface area contributed by atoms with Crippen molar-refractivity contribution in [3.63, 3.8) is 0 Å². The van der Waals surface area contributed by atoms with Crippen molar-refractivity contribution in [1.29, 1.82) is 0 Å². The highest BCUT2D eigenvalue weighted by molar-refractivity contribution is 9.11. The molecule has 2 N–H and O–H groups in total. The van der Waals surface area contributed by atoms with Crippen LogP contribution in [0.25, 0.3) is 0 Å². The standard InChI is InChI=1S/C11H11Br2N3OS2/c1-6(19-5-9-14-11(18)16-15-9)17-10-7(12)3-2-4-8(10)13/h2-4,6H,5H2,1H3,(H2,14,15,16,18). The molecule has 8 heteroatoms. The minimum atomic E-state index is -0.00586. The van der Waals surface area contributed by atoms with E-state index in [1.165, 1.54) is 0 Å². The smallest absolute Gasteiger partial charge is 0.213 e. The summed E-state index contributed by atoms with van der Waals surface area (Å²) in [5.41, 5.74) is -0.00586. The minimum absolute atomic E-state index is 0.00586. The van der Waals surface area contributed by atoms with Crippen LogP contribution in [0.2, 0.25) is 0 Å². The van der Waals surface area contributed by atoms with E-state index in [2.05, 4.69) is 47.0 Å². The van der Waals surface area contributed by atoms with Crippen molar-refractivity contribution in [1.82, 2.24) is 15.2 Å². The van der Waals surface area contributed by atoms with Gasteiger partial charge in [0, 0.05) is 0 Å². The summed E-state index contributed by atoms with van der Waals surface area (Å²) in [6, 6.07) is 5.84. The van der Waals surface area contributed by atoms with Gasteiger partial charge in [-0.1, -0.05) is 6.07 Å². The molecule has 0 saturated carbocycles. The lowest BCUT2D eigenvalue weighted by atomic mass is 10.3. The van der Waals surface area contributed by atoms with Crippen LogP contribution < -0.4 is 4.74 Å². The first-order chi connectivity index (χ1) is 9.06. The number of thioether (sulfide) groups is 1. The van der Waals surface area contributed by atoms with Crippen LogP contribution in [-0.4, -0.2) is 20.6 Å². The number of H-pyrrole nitrogens is 2. The molecule has 1 aromatic heterocycles. The number of ether oxygens (including phenoxy) is 1. The van der Waals surface area contributed by atoms with Gasteiger partial charge in [0.2, 0.25) is 4.77 Å². The maximum atomic E-state index is 5.90. The van der Waals surface area contributed by atoms with Crippen molar-refractivity contribution in [3.8, 4) is 5.75 Å². The third-order valence-corrected chi connectivity index (χ3v) is 4.66. The monoisotopic (exact) mass is 423 g/mol. The molecule has 1 aromatic carbocycles. The molecule has 19 heavy (non-hydrogen) atoms. The van der Waals surface area contributed by atoms with E-state index in [1.54, 1.807) is 11.8 Å². The third kappa shape index (κ3) is 4.34. The Morgan fingerprint density at radius 1 is 1.37 bits per heavy atom. The first kappa shape index (κ1) is 15.1. The second-order valence-electron chi connectivity index (χ2n) is 3.66. The van der Waals surface area contributed by atoms with Crippen LogP contribution in [0.5, 0.6) is 5.75 Å². The Balaban J connectivity index is 1.94.